The molecule has 1 aromatic heterocycles. The Morgan fingerprint density at radius 1 is 1.20 bits per heavy atom. The summed E-state index contributed by atoms with van der Waals surface area (Å²) in [6.45, 7) is 0.681. The summed E-state index contributed by atoms with van der Waals surface area (Å²) in [5.74, 6) is -1.63. The van der Waals surface area contributed by atoms with Gasteiger partial charge in [0.15, 0.2) is 0 Å². The molecule has 0 unspecified atom stereocenters. The van der Waals surface area contributed by atoms with Crippen LogP contribution in [0.15, 0.2) is 24.5 Å². The van der Waals surface area contributed by atoms with Crippen molar-refractivity contribution in [2.45, 2.75) is 31.1 Å². The molecule has 0 spiro atoms. The number of piperidine rings is 1. The number of nitrogens with one attached hydrogen (secondary N) is 1. The van der Waals surface area contributed by atoms with Gasteiger partial charge in [0.25, 0.3) is 0 Å². The van der Waals surface area contributed by atoms with Crippen LogP contribution in [0, 0.1) is 17.2 Å². The van der Waals surface area contributed by atoms with E-state index in [1.165, 1.54) is 12.4 Å². The van der Waals surface area contributed by atoms with Gasteiger partial charge in [0.05, 0.1) is 23.2 Å². The number of rotatable bonds is 3. The van der Waals surface area contributed by atoms with Gasteiger partial charge in [-0.15, -0.1) is 0 Å². The number of benzene rings is 1. The van der Waals surface area contributed by atoms with E-state index >= 15 is 0 Å². The highest BCUT2D eigenvalue weighted by Gasteiger charge is 2.45. The first-order valence-electron chi connectivity index (χ1n) is 9.74. The van der Waals surface area contributed by atoms with Crippen LogP contribution < -0.4 is 10.2 Å². The van der Waals surface area contributed by atoms with E-state index in [0.717, 1.165) is 0 Å². The molecule has 0 bridgehead atoms. The minimum atomic E-state index is -4.36. The highest BCUT2D eigenvalue weighted by Crippen LogP contribution is 2.37. The monoisotopic (exact) mass is 418 g/mol. The second-order valence-corrected chi connectivity index (χ2v) is 7.84. The van der Waals surface area contributed by atoms with Crippen LogP contribution in [0.3, 0.4) is 0 Å². The number of likely N-dealkylation sites (tertiary alicyclic amines) is 1. The molecule has 2 saturated heterocycles. The number of halogens is 3. The number of hydrogen-bond donors (Lipinski definition) is 1. The molecule has 2 aliphatic rings. The molecule has 3 heterocycles. The van der Waals surface area contributed by atoms with Gasteiger partial charge in [0, 0.05) is 45.1 Å². The summed E-state index contributed by atoms with van der Waals surface area (Å²) in [6.07, 6.45) is -0.959. The SMILES string of the molecule is CN1CC[C@H](N[C@@H]2C[C@H](C(F)(F)F)CN(c3ccc(C#N)c4nccnc34)C2)C1=O. The zero-order chi connectivity index (χ0) is 21.5. The Morgan fingerprint density at radius 2 is 1.93 bits per heavy atom. The molecule has 0 radical (unpaired) electrons. The normalized spacial score (nSPS) is 25.0. The summed E-state index contributed by atoms with van der Waals surface area (Å²) in [7, 11) is 1.69. The van der Waals surface area contributed by atoms with Crippen LogP contribution in [0.4, 0.5) is 18.9 Å². The highest BCUT2D eigenvalue weighted by atomic mass is 19.4. The van der Waals surface area contributed by atoms with Crippen molar-refractivity contribution < 1.29 is 18.0 Å². The lowest BCUT2D eigenvalue weighted by molar-refractivity contribution is -0.177. The summed E-state index contributed by atoms with van der Waals surface area (Å²) in [6, 6.07) is 4.25. The molecule has 10 heteroatoms. The number of fused-ring (bicyclic) bond motifs is 1. The maximum atomic E-state index is 13.7. The number of amides is 1. The lowest BCUT2D eigenvalue weighted by Crippen LogP contribution is -2.55. The number of carbonyl (C=O) groups excluding carboxylic acids is 1. The number of likely N-dealkylation sites (N-methyl/N-ethyl adjacent to an activating group) is 1. The van der Waals surface area contributed by atoms with Crippen molar-refractivity contribution in [3.05, 3.63) is 30.1 Å². The fourth-order valence-electron chi connectivity index (χ4n) is 4.30. The van der Waals surface area contributed by atoms with E-state index in [1.54, 1.807) is 29.0 Å². The second kappa shape index (κ2) is 7.72. The summed E-state index contributed by atoms with van der Waals surface area (Å²) in [5.41, 5.74) is 1.59. The lowest BCUT2D eigenvalue weighted by Gasteiger charge is -2.41. The Bertz CT molecular complexity index is 1000. The van der Waals surface area contributed by atoms with Gasteiger partial charge < -0.3 is 15.1 Å². The van der Waals surface area contributed by atoms with Crippen molar-refractivity contribution in [1.29, 1.82) is 5.26 Å². The number of alkyl halides is 3. The van der Waals surface area contributed by atoms with Gasteiger partial charge in [-0.2, -0.15) is 18.4 Å². The number of carbonyl (C=O) groups is 1. The standard InChI is InChI=1S/C20H21F3N6O/c1-28-7-4-15(19(28)30)27-14-8-13(20(21,22)23)10-29(11-14)16-3-2-12(9-24)17-18(16)26-6-5-25-17/h2-3,5-6,13-15,27H,4,7-8,10-11H2,1H3/t13-,14+,15-/m0/s1. The van der Waals surface area contributed by atoms with E-state index in [9.17, 15) is 23.2 Å². The van der Waals surface area contributed by atoms with Crippen LogP contribution in [-0.4, -0.2) is 65.7 Å². The predicted octanol–water partition coefficient (Wildman–Crippen LogP) is 2.08. The molecule has 0 aliphatic carbocycles. The Hall–Kier alpha value is -2.93. The molecule has 30 heavy (non-hydrogen) atoms. The molecule has 1 amide bonds. The van der Waals surface area contributed by atoms with Crippen molar-refractivity contribution in [2.24, 2.45) is 5.92 Å². The molecule has 1 aromatic carbocycles. The van der Waals surface area contributed by atoms with Gasteiger partial charge in [0.1, 0.15) is 17.1 Å². The fourth-order valence-corrected chi connectivity index (χ4v) is 4.30. The van der Waals surface area contributed by atoms with Gasteiger partial charge in [-0.3, -0.25) is 14.8 Å². The minimum absolute atomic E-state index is 0.0899. The Kier molecular flexibility index (Phi) is 5.24. The van der Waals surface area contributed by atoms with E-state index in [4.69, 9.17) is 0 Å². The number of aromatic nitrogens is 2. The van der Waals surface area contributed by atoms with Crippen LogP contribution in [0.5, 0.6) is 0 Å². The summed E-state index contributed by atoms with van der Waals surface area (Å²) in [4.78, 5) is 23.9. The smallest absolute Gasteiger partial charge is 0.368 e. The third-order valence-corrected chi connectivity index (χ3v) is 5.84. The number of hydrogen-bond acceptors (Lipinski definition) is 6. The number of anilines is 1. The minimum Gasteiger partial charge on any atom is -0.368 e. The fraction of sp³-hybridized carbons (Fsp3) is 0.500. The van der Waals surface area contributed by atoms with Crippen LogP contribution in [0.25, 0.3) is 11.0 Å². The summed E-state index contributed by atoms with van der Waals surface area (Å²) in [5, 5.41) is 12.5. The quantitative estimate of drug-likeness (QED) is 0.822. The zero-order valence-corrected chi connectivity index (χ0v) is 16.4. The molecule has 1 N–H and O–H groups in total. The Balaban J connectivity index is 1.66. The van der Waals surface area contributed by atoms with Crippen molar-refractivity contribution in [3.8, 4) is 6.07 Å². The van der Waals surface area contributed by atoms with Gasteiger partial charge in [-0.1, -0.05) is 0 Å². The number of nitrogens with zero attached hydrogens (tertiary/aromatic N) is 5. The number of nitriles is 1. The predicted molar refractivity (Wildman–Crippen MR) is 104 cm³/mol. The Morgan fingerprint density at radius 3 is 2.57 bits per heavy atom. The van der Waals surface area contributed by atoms with Crippen molar-refractivity contribution in [1.82, 2.24) is 20.2 Å². The molecule has 158 valence electrons. The van der Waals surface area contributed by atoms with E-state index in [1.807, 2.05) is 6.07 Å². The molecule has 7 nitrogen and oxygen atoms in total. The molecular formula is C20H21F3N6O. The van der Waals surface area contributed by atoms with Crippen LogP contribution in [-0.2, 0) is 4.79 Å². The third-order valence-electron chi connectivity index (χ3n) is 5.84. The zero-order valence-electron chi connectivity index (χ0n) is 16.4. The Labute approximate surface area is 171 Å². The van der Waals surface area contributed by atoms with Crippen molar-refractivity contribution in [3.63, 3.8) is 0 Å². The third kappa shape index (κ3) is 3.77. The molecule has 0 saturated carbocycles. The molecule has 3 atom stereocenters. The van der Waals surface area contributed by atoms with E-state index in [2.05, 4.69) is 15.3 Å². The first-order chi connectivity index (χ1) is 14.3. The first-order valence-corrected chi connectivity index (χ1v) is 9.74. The molecule has 2 aliphatic heterocycles. The largest absolute Gasteiger partial charge is 0.393 e. The molecule has 4 rings (SSSR count). The van der Waals surface area contributed by atoms with E-state index < -0.39 is 24.2 Å². The molecule has 2 aromatic rings. The van der Waals surface area contributed by atoms with Crippen LogP contribution >= 0.6 is 0 Å². The molecular weight excluding hydrogens is 397 g/mol. The van der Waals surface area contributed by atoms with Gasteiger partial charge >= 0.3 is 6.18 Å². The summed E-state index contributed by atoms with van der Waals surface area (Å²) < 4.78 is 41.1. The average Bonchev–Trinajstić information content (AvgIpc) is 3.04. The topological polar surface area (TPSA) is 85.2 Å². The summed E-state index contributed by atoms with van der Waals surface area (Å²) >= 11 is 0. The van der Waals surface area contributed by atoms with Crippen LogP contribution in [0.2, 0.25) is 0 Å². The highest BCUT2D eigenvalue weighted by molar-refractivity contribution is 5.92. The van der Waals surface area contributed by atoms with E-state index in [0.29, 0.717) is 41.8 Å². The molecule has 2 fully saturated rings. The maximum absolute atomic E-state index is 13.7. The lowest BCUT2D eigenvalue weighted by atomic mass is 9.92. The second-order valence-electron chi connectivity index (χ2n) is 7.84. The van der Waals surface area contributed by atoms with E-state index in [-0.39, 0.29) is 18.9 Å². The van der Waals surface area contributed by atoms with Crippen molar-refractivity contribution in [2.75, 3.05) is 31.6 Å². The first kappa shape index (κ1) is 20.3. The van der Waals surface area contributed by atoms with Crippen LogP contribution in [0.1, 0.15) is 18.4 Å². The van der Waals surface area contributed by atoms with Gasteiger partial charge in [-0.05, 0) is 25.0 Å². The van der Waals surface area contributed by atoms with Crippen molar-refractivity contribution >= 4 is 22.6 Å². The maximum Gasteiger partial charge on any atom is 0.393 e. The van der Waals surface area contributed by atoms with Gasteiger partial charge in [0.2, 0.25) is 5.91 Å². The van der Waals surface area contributed by atoms with Gasteiger partial charge in [-0.25, -0.2) is 0 Å². The average molecular weight is 418 g/mol.